The van der Waals surface area contributed by atoms with Crippen LogP contribution >= 0.6 is 22.9 Å². The molecule has 0 radical (unpaired) electrons. The molecule has 1 N–H and O–H groups in total. The molecule has 0 aromatic rings. The molecular formula is C5H8INO3S. The lowest BCUT2D eigenvalue weighted by Gasteiger charge is -2.63. The number of halogens is 1. The summed E-state index contributed by atoms with van der Waals surface area (Å²) >= 11 is 1.68. The van der Waals surface area contributed by atoms with E-state index in [1.165, 1.54) is 0 Å². The largest absolute Gasteiger partial charge is 0.345 e. The molecule has 0 atom stereocenters. The van der Waals surface area contributed by atoms with Crippen LogP contribution in [0.2, 0.25) is 0 Å². The van der Waals surface area contributed by atoms with Crippen molar-refractivity contribution >= 4 is 33.2 Å². The fraction of sp³-hybridized carbons (Fsp3) is 1.00. The van der Waals surface area contributed by atoms with Gasteiger partial charge in [0, 0.05) is 28.4 Å². The van der Waals surface area contributed by atoms with E-state index < -0.39 is 10.3 Å². The average Bonchev–Trinajstić information content (AvgIpc) is 1.52. The standard InChI is InChI=1S/C5H8INO3S/c6-7(11(8,9)10)5-1-4(2-5)3-5/h4H,1-3H2,(H,8,9,10). The molecule has 0 unspecified atom stereocenters. The summed E-state index contributed by atoms with van der Waals surface area (Å²) < 4.78 is 31.1. The summed E-state index contributed by atoms with van der Waals surface area (Å²) in [4.78, 5) is 0. The van der Waals surface area contributed by atoms with Gasteiger partial charge in [0.25, 0.3) is 0 Å². The fourth-order valence-electron chi connectivity index (χ4n) is 1.89. The quantitative estimate of drug-likeness (QED) is 0.468. The molecule has 3 aliphatic carbocycles. The molecule has 64 valence electrons. The van der Waals surface area contributed by atoms with Crippen molar-refractivity contribution in [2.75, 3.05) is 0 Å². The minimum absolute atomic E-state index is 0.210. The van der Waals surface area contributed by atoms with Crippen LogP contribution in [0.5, 0.6) is 0 Å². The SMILES string of the molecule is O=S(=O)(O)N(I)C12CC(C1)C2. The van der Waals surface area contributed by atoms with E-state index in [4.69, 9.17) is 4.55 Å². The predicted octanol–water partition coefficient (Wildman–Crippen LogP) is 0.994. The van der Waals surface area contributed by atoms with Crippen molar-refractivity contribution in [2.24, 2.45) is 5.92 Å². The second-order valence-corrected chi connectivity index (χ2v) is 6.28. The molecule has 0 spiro atoms. The maximum atomic E-state index is 10.7. The van der Waals surface area contributed by atoms with E-state index in [0.29, 0.717) is 5.92 Å². The van der Waals surface area contributed by atoms with Crippen LogP contribution in [0.25, 0.3) is 0 Å². The number of hydrogen-bond acceptors (Lipinski definition) is 2. The van der Waals surface area contributed by atoms with Crippen LogP contribution in [0.3, 0.4) is 0 Å². The average molecular weight is 289 g/mol. The molecule has 3 fully saturated rings. The van der Waals surface area contributed by atoms with Gasteiger partial charge in [-0.05, 0) is 25.2 Å². The van der Waals surface area contributed by atoms with Crippen LogP contribution in [0.1, 0.15) is 19.3 Å². The van der Waals surface area contributed by atoms with E-state index in [2.05, 4.69) is 0 Å². The van der Waals surface area contributed by atoms with E-state index in [-0.39, 0.29) is 5.54 Å². The molecular weight excluding hydrogens is 281 g/mol. The first-order chi connectivity index (χ1) is 4.94. The summed E-state index contributed by atoms with van der Waals surface area (Å²) in [6.45, 7) is 0. The van der Waals surface area contributed by atoms with E-state index in [1.54, 1.807) is 22.9 Å². The highest BCUT2D eigenvalue weighted by atomic mass is 127. The number of rotatable bonds is 2. The van der Waals surface area contributed by atoms with Gasteiger partial charge in [-0.2, -0.15) is 8.42 Å². The van der Waals surface area contributed by atoms with Gasteiger partial charge in [-0.15, -0.1) is 2.52 Å². The van der Waals surface area contributed by atoms with Crippen LogP contribution in [0, 0.1) is 5.92 Å². The molecule has 0 saturated heterocycles. The highest BCUT2D eigenvalue weighted by Crippen LogP contribution is 2.62. The topological polar surface area (TPSA) is 57.6 Å². The van der Waals surface area contributed by atoms with Crippen LogP contribution in [-0.4, -0.2) is 21.0 Å². The summed E-state index contributed by atoms with van der Waals surface area (Å²) in [6, 6.07) is 0. The second kappa shape index (κ2) is 2.09. The summed E-state index contributed by atoms with van der Waals surface area (Å²) in [5.41, 5.74) is -0.210. The van der Waals surface area contributed by atoms with Crippen LogP contribution < -0.4 is 0 Å². The maximum Gasteiger partial charge on any atom is 0.345 e. The third kappa shape index (κ3) is 1.03. The second-order valence-electron chi connectivity index (χ2n) is 3.40. The smallest absolute Gasteiger partial charge is 0.273 e. The summed E-state index contributed by atoms with van der Waals surface area (Å²) in [7, 11) is -3.96. The van der Waals surface area contributed by atoms with Crippen LogP contribution in [0.4, 0.5) is 0 Å². The Morgan fingerprint density at radius 1 is 1.45 bits per heavy atom. The van der Waals surface area contributed by atoms with Gasteiger partial charge in [-0.25, -0.2) is 0 Å². The molecule has 3 aliphatic rings. The van der Waals surface area contributed by atoms with Gasteiger partial charge in [0.05, 0.1) is 0 Å². The summed E-state index contributed by atoms with van der Waals surface area (Å²) in [6.07, 6.45) is 2.78. The third-order valence-corrected chi connectivity index (χ3v) is 5.89. The minimum Gasteiger partial charge on any atom is -0.273 e. The maximum absolute atomic E-state index is 10.7. The Labute approximate surface area is 79.3 Å². The zero-order valence-corrected chi connectivity index (χ0v) is 8.67. The molecule has 11 heavy (non-hydrogen) atoms. The Bertz CT molecular complexity index is 271. The first-order valence-electron chi connectivity index (χ1n) is 3.38. The van der Waals surface area contributed by atoms with Gasteiger partial charge < -0.3 is 0 Å². The van der Waals surface area contributed by atoms with Gasteiger partial charge in [0.15, 0.2) is 0 Å². The van der Waals surface area contributed by atoms with Gasteiger partial charge in [0.1, 0.15) is 0 Å². The van der Waals surface area contributed by atoms with E-state index in [0.717, 1.165) is 21.8 Å². The first kappa shape index (κ1) is 8.21. The van der Waals surface area contributed by atoms with E-state index in [1.807, 2.05) is 0 Å². The lowest BCUT2D eigenvalue weighted by atomic mass is 9.50. The fourth-order valence-corrected chi connectivity index (χ4v) is 3.20. The predicted molar refractivity (Wildman–Crippen MR) is 47.5 cm³/mol. The van der Waals surface area contributed by atoms with Crippen molar-refractivity contribution in [3.05, 3.63) is 0 Å². The van der Waals surface area contributed by atoms with Crippen LogP contribution in [-0.2, 0) is 10.3 Å². The summed E-state index contributed by atoms with van der Waals surface area (Å²) in [5.74, 6) is 0.717. The zero-order chi connectivity index (χ0) is 8.28. The van der Waals surface area contributed by atoms with Crippen molar-refractivity contribution in [1.29, 1.82) is 0 Å². The Morgan fingerprint density at radius 2 is 1.91 bits per heavy atom. The first-order valence-corrected chi connectivity index (χ1v) is 5.74. The zero-order valence-electron chi connectivity index (χ0n) is 5.70. The molecule has 3 rings (SSSR count). The van der Waals surface area contributed by atoms with Crippen molar-refractivity contribution in [2.45, 2.75) is 24.8 Å². The number of hydrogen-bond donors (Lipinski definition) is 1. The molecule has 0 aliphatic heterocycles. The number of nitrogens with zero attached hydrogens (tertiary/aromatic N) is 1. The lowest BCUT2D eigenvalue weighted by Crippen LogP contribution is -2.66. The monoisotopic (exact) mass is 289 g/mol. The Kier molecular flexibility index (Phi) is 1.56. The molecule has 0 aromatic heterocycles. The van der Waals surface area contributed by atoms with Crippen molar-refractivity contribution in [1.82, 2.24) is 2.52 Å². The molecule has 0 amide bonds. The Morgan fingerprint density at radius 3 is 2.00 bits per heavy atom. The van der Waals surface area contributed by atoms with Gasteiger partial charge in [-0.3, -0.25) is 4.55 Å². The van der Waals surface area contributed by atoms with Crippen molar-refractivity contribution in [3.8, 4) is 0 Å². The van der Waals surface area contributed by atoms with E-state index >= 15 is 0 Å². The third-order valence-electron chi connectivity index (χ3n) is 2.58. The molecule has 0 heterocycles. The van der Waals surface area contributed by atoms with Gasteiger partial charge in [-0.1, -0.05) is 0 Å². The van der Waals surface area contributed by atoms with E-state index in [9.17, 15) is 8.42 Å². The highest BCUT2D eigenvalue weighted by molar-refractivity contribution is 14.1. The Balaban J connectivity index is 2.17. The molecule has 3 saturated carbocycles. The normalized spacial score (nSPS) is 41.5. The van der Waals surface area contributed by atoms with Crippen molar-refractivity contribution in [3.63, 3.8) is 0 Å². The van der Waals surface area contributed by atoms with Crippen LogP contribution in [0.15, 0.2) is 0 Å². The van der Waals surface area contributed by atoms with Gasteiger partial charge >= 0.3 is 10.3 Å². The minimum atomic E-state index is -3.96. The molecule has 0 aromatic carbocycles. The Hall–Kier alpha value is 0.600. The highest BCUT2D eigenvalue weighted by Gasteiger charge is 2.62. The molecule has 6 heteroatoms. The molecule has 2 bridgehead atoms. The summed E-state index contributed by atoms with van der Waals surface area (Å²) in [5, 5.41) is 0. The van der Waals surface area contributed by atoms with Crippen molar-refractivity contribution < 1.29 is 13.0 Å². The molecule has 4 nitrogen and oxygen atoms in total. The van der Waals surface area contributed by atoms with Gasteiger partial charge in [0.2, 0.25) is 0 Å². The lowest BCUT2D eigenvalue weighted by molar-refractivity contribution is -0.0655.